The Labute approximate surface area is 292 Å². The summed E-state index contributed by atoms with van der Waals surface area (Å²) >= 11 is 0. The Morgan fingerprint density at radius 1 is 0.633 bits per heavy atom. The average Bonchev–Trinajstić information content (AvgIpc) is 4.01. The van der Waals surface area contributed by atoms with Crippen LogP contribution in [0.2, 0.25) is 0 Å². The summed E-state index contributed by atoms with van der Waals surface area (Å²) in [6.45, 7) is 5.85. The van der Waals surface area contributed by atoms with Crippen LogP contribution >= 0.6 is 0 Å². The normalized spacial score (nSPS) is 17.8. The molecule has 252 valence electrons. The Balaban J connectivity index is 0.000000167. The minimum atomic E-state index is -1.53. The number of aromatic carboxylic acids is 2. The number of nitrogens with one attached hydrogen (secondary N) is 2. The van der Waals surface area contributed by atoms with Crippen LogP contribution in [0.3, 0.4) is 0 Å². The molecule has 0 unspecified atom stereocenters. The van der Waals surface area contributed by atoms with Gasteiger partial charge in [0.25, 0.3) is 0 Å². The fourth-order valence-corrected chi connectivity index (χ4v) is 6.61. The number of rotatable bonds is 6. The smallest absolute Gasteiger partial charge is 0.545 e. The number of pyridine rings is 2. The molecule has 4 fully saturated rings. The summed E-state index contributed by atoms with van der Waals surface area (Å²) in [6.07, 6.45) is 6.37. The van der Waals surface area contributed by atoms with Gasteiger partial charge in [-0.25, -0.2) is 8.78 Å². The Bertz CT molecular complexity index is 1920. The van der Waals surface area contributed by atoms with E-state index in [-0.39, 0.29) is 42.3 Å². The third-order valence-corrected chi connectivity index (χ3v) is 9.44. The van der Waals surface area contributed by atoms with Gasteiger partial charge in [0.05, 0.1) is 45.5 Å². The van der Waals surface area contributed by atoms with Gasteiger partial charge >= 0.3 is 19.5 Å². The molecule has 2 aromatic heterocycles. The Kier molecular flexibility index (Phi) is 9.88. The number of hydrogen-bond acceptors (Lipinski definition) is 10. The number of piperazine rings is 2. The monoisotopic (exact) mass is 724 g/mol. The van der Waals surface area contributed by atoms with Crippen molar-refractivity contribution < 1.29 is 48.1 Å². The Morgan fingerprint density at radius 2 is 0.980 bits per heavy atom. The number of carboxylic acid groups (broad SMARTS) is 2. The van der Waals surface area contributed by atoms with Crippen LogP contribution < -0.4 is 41.5 Å². The summed E-state index contributed by atoms with van der Waals surface area (Å²) in [4.78, 5) is 51.1. The van der Waals surface area contributed by atoms with E-state index in [0.717, 1.165) is 51.9 Å². The molecule has 0 spiro atoms. The largest absolute Gasteiger partial charge is 2.00 e. The minimum Gasteiger partial charge on any atom is -0.545 e. The average molecular weight is 726 g/mol. The third-order valence-electron chi connectivity index (χ3n) is 9.44. The van der Waals surface area contributed by atoms with Crippen molar-refractivity contribution in [1.29, 1.82) is 0 Å². The van der Waals surface area contributed by atoms with E-state index in [1.807, 2.05) is 9.80 Å². The van der Waals surface area contributed by atoms with E-state index in [9.17, 15) is 38.2 Å². The number of carbonyl (C=O) groups is 2. The first-order valence-electron chi connectivity index (χ1n) is 16.2. The molecule has 15 heteroatoms. The molecular weight excluding hydrogens is 692 g/mol. The quantitative estimate of drug-likeness (QED) is 0.269. The maximum Gasteiger partial charge on any atom is 2.00 e. The van der Waals surface area contributed by atoms with E-state index in [0.29, 0.717) is 48.6 Å². The molecule has 0 atom stereocenters. The summed E-state index contributed by atoms with van der Waals surface area (Å²) in [5.74, 6) is -4.05. The molecule has 2 aromatic carbocycles. The number of hydrogen-bond donors (Lipinski definition) is 2. The summed E-state index contributed by atoms with van der Waals surface area (Å²) in [6, 6.07) is 6.00. The van der Waals surface area contributed by atoms with Crippen LogP contribution in [0.1, 0.15) is 58.5 Å². The van der Waals surface area contributed by atoms with Gasteiger partial charge < -0.3 is 49.4 Å². The first-order valence-corrected chi connectivity index (χ1v) is 16.2. The van der Waals surface area contributed by atoms with Gasteiger partial charge in [0, 0.05) is 87.6 Å². The van der Waals surface area contributed by atoms with Gasteiger partial charge in [-0.15, -0.1) is 0 Å². The van der Waals surface area contributed by atoms with Crippen LogP contribution in [-0.2, 0) is 19.5 Å². The molecule has 49 heavy (non-hydrogen) atoms. The molecule has 2 aliphatic heterocycles. The van der Waals surface area contributed by atoms with Crippen LogP contribution in [0.4, 0.5) is 20.2 Å². The molecule has 12 nitrogen and oxygen atoms in total. The van der Waals surface area contributed by atoms with E-state index in [1.165, 1.54) is 24.5 Å². The molecular formula is C34H34F2N6O6Zn. The van der Waals surface area contributed by atoms with E-state index in [1.54, 1.807) is 21.3 Å². The van der Waals surface area contributed by atoms with Gasteiger partial charge in [0.1, 0.15) is 11.6 Å². The Hall–Kier alpha value is -4.20. The number of fused-ring (bicyclic) bond motifs is 2. The van der Waals surface area contributed by atoms with Crippen molar-refractivity contribution in [2.24, 2.45) is 0 Å². The van der Waals surface area contributed by atoms with Gasteiger partial charge in [0.15, 0.2) is 10.9 Å². The molecule has 4 aliphatic rings. The van der Waals surface area contributed by atoms with Crippen molar-refractivity contribution in [1.82, 2.24) is 19.8 Å². The second-order valence-corrected chi connectivity index (χ2v) is 12.7. The SMILES string of the molecule is O=C([O-])c1cn(C2CC2)c2cc(N3CCNCC3)c(F)cc2c1=O.O=C([O-])c1cn(C2CC2)c2cc(N3CCNCC3)c(F)cc2c1=O.[Zn+2]. The third kappa shape index (κ3) is 6.84. The molecule has 8 rings (SSSR count). The van der Waals surface area contributed by atoms with Crippen molar-refractivity contribution in [3.05, 3.63) is 79.9 Å². The fourth-order valence-electron chi connectivity index (χ4n) is 6.61. The second-order valence-electron chi connectivity index (χ2n) is 12.7. The van der Waals surface area contributed by atoms with Crippen LogP contribution in [0.25, 0.3) is 21.8 Å². The van der Waals surface area contributed by atoms with E-state index in [2.05, 4.69) is 10.6 Å². The van der Waals surface area contributed by atoms with Gasteiger partial charge in [-0.3, -0.25) is 9.59 Å². The second kappa shape index (κ2) is 14.0. The van der Waals surface area contributed by atoms with Crippen LogP contribution in [-0.4, -0.2) is 73.4 Å². The van der Waals surface area contributed by atoms with Crippen molar-refractivity contribution in [2.75, 3.05) is 62.2 Å². The van der Waals surface area contributed by atoms with Gasteiger partial charge in [0.2, 0.25) is 0 Å². The predicted octanol–water partition coefficient (Wildman–Crippen LogP) is 0.495. The molecule has 2 saturated heterocycles. The number of halogens is 2. The Morgan fingerprint density at radius 3 is 1.29 bits per heavy atom. The first kappa shape index (κ1) is 34.7. The summed E-state index contributed by atoms with van der Waals surface area (Å²) < 4.78 is 32.8. The standard InChI is InChI=1S/2C17H18FN3O3.Zn/c2*18-13-7-11-14(8-15(13)20-5-3-19-4-6-20)21(10-1-2-10)9-12(16(11)22)17(23)24;/h2*7-10,19H,1-6H2,(H,23,24);/q;;+2/p-2. The number of anilines is 2. The van der Waals surface area contributed by atoms with E-state index in [4.69, 9.17) is 0 Å². The van der Waals surface area contributed by atoms with Crippen molar-refractivity contribution in [2.45, 2.75) is 37.8 Å². The zero-order valence-corrected chi connectivity index (χ0v) is 29.8. The number of nitrogens with zero attached hydrogens (tertiary/aromatic N) is 4. The minimum absolute atomic E-state index is 0. The number of carboxylic acids is 2. The van der Waals surface area contributed by atoms with Gasteiger partial charge in [-0.1, -0.05) is 0 Å². The fraction of sp³-hybridized carbons (Fsp3) is 0.412. The maximum atomic E-state index is 14.6. The molecule has 4 heterocycles. The molecule has 0 radical (unpaired) electrons. The molecule has 2 aliphatic carbocycles. The zero-order valence-electron chi connectivity index (χ0n) is 26.8. The van der Waals surface area contributed by atoms with Crippen LogP contribution in [0.5, 0.6) is 0 Å². The zero-order chi connectivity index (χ0) is 33.7. The van der Waals surface area contributed by atoms with E-state index >= 15 is 0 Å². The molecule has 2 saturated carbocycles. The summed E-state index contributed by atoms with van der Waals surface area (Å²) in [5, 5.41) is 29.1. The summed E-state index contributed by atoms with van der Waals surface area (Å²) in [7, 11) is 0. The van der Waals surface area contributed by atoms with Gasteiger partial charge in [-0.05, 0) is 49.9 Å². The summed E-state index contributed by atoms with van der Waals surface area (Å²) in [5.41, 5.74) is -0.115. The number of aromatic nitrogens is 2. The van der Waals surface area contributed by atoms with Crippen LogP contribution in [0, 0.1) is 11.6 Å². The molecule has 4 aromatic rings. The topological polar surface area (TPSA) is 155 Å². The van der Waals surface area contributed by atoms with Crippen molar-refractivity contribution >= 4 is 45.1 Å². The molecule has 2 N–H and O–H groups in total. The van der Waals surface area contributed by atoms with E-state index < -0.39 is 45.6 Å². The number of carbonyl (C=O) groups excluding carboxylic acids is 2. The van der Waals surface area contributed by atoms with Crippen molar-refractivity contribution in [3.63, 3.8) is 0 Å². The number of benzene rings is 2. The molecule has 0 bridgehead atoms. The van der Waals surface area contributed by atoms with Gasteiger partial charge in [-0.2, -0.15) is 0 Å². The predicted molar refractivity (Wildman–Crippen MR) is 172 cm³/mol. The van der Waals surface area contributed by atoms with Crippen LogP contribution in [0.15, 0.2) is 46.2 Å². The maximum absolute atomic E-state index is 14.6. The molecule has 0 amide bonds. The van der Waals surface area contributed by atoms with Crippen molar-refractivity contribution in [3.8, 4) is 0 Å². The first-order chi connectivity index (χ1) is 23.1.